The SMILES string of the molecule is c1nc(OCCN2CCCCC2)cc2c1CCN2. The average molecular weight is 247 g/mol. The Labute approximate surface area is 108 Å². The maximum absolute atomic E-state index is 5.74. The van der Waals surface area contributed by atoms with Crippen LogP contribution in [0.1, 0.15) is 24.8 Å². The van der Waals surface area contributed by atoms with Gasteiger partial charge in [-0.1, -0.05) is 6.42 Å². The van der Waals surface area contributed by atoms with Crippen LogP contribution in [0, 0.1) is 0 Å². The molecule has 0 bridgehead atoms. The lowest BCUT2D eigenvalue weighted by Gasteiger charge is -2.26. The molecule has 18 heavy (non-hydrogen) atoms. The van der Waals surface area contributed by atoms with Gasteiger partial charge in [-0.2, -0.15) is 0 Å². The summed E-state index contributed by atoms with van der Waals surface area (Å²) in [7, 11) is 0. The van der Waals surface area contributed by atoms with E-state index >= 15 is 0 Å². The number of likely N-dealkylation sites (tertiary alicyclic amines) is 1. The first-order chi connectivity index (χ1) is 8.92. The number of aromatic nitrogens is 1. The van der Waals surface area contributed by atoms with E-state index in [9.17, 15) is 0 Å². The molecule has 98 valence electrons. The van der Waals surface area contributed by atoms with Gasteiger partial charge in [-0.15, -0.1) is 0 Å². The highest BCUT2D eigenvalue weighted by Gasteiger charge is 2.12. The van der Waals surface area contributed by atoms with Gasteiger partial charge in [0.25, 0.3) is 0 Å². The van der Waals surface area contributed by atoms with Crippen LogP contribution >= 0.6 is 0 Å². The Kier molecular flexibility index (Phi) is 3.64. The fourth-order valence-corrected chi connectivity index (χ4v) is 2.70. The Balaban J connectivity index is 1.48. The zero-order chi connectivity index (χ0) is 12.2. The van der Waals surface area contributed by atoms with Crippen LogP contribution in [0.2, 0.25) is 0 Å². The number of nitrogens with zero attached hydrogens (tertiary/aromatic N) is 2. The molecule has 0 atom stereocenters. The van der Waals surface area contributed by atoms with E-state index in [1.165, 1.54) is 43.6 Å². The lowest BCUT2D eigenvalue weighted by atomic mass is 10.1. The first-order valence-electron chi connectivity index (χ1n) is 7.00. The number of hydrogen-bond acceptors (Lipinski definition) is 4. The van der Waals surface area contributed by atoms with Gasteiger partial charge >= 0.3 is 0 Å². The molecule has 3 heterocycles. The van der Waals surface area contributed by atoms with E-state index < -0.39 is 0 Å². The summed E-state index contributed by atoms with van der Waals surface area (Å²) in [5, 5.41) is 3.35. The summed E-state index contributed by atoms with van der Waals surface area (Å²) in [6.45, 7) is 5.23. The average Bonchev–Trinajstić information content (AvgIpc) is 2.87. The highest BCUT2D eigenvalue weighted by Crippen LogP contribution is 2.24. The van der Waals surface area contributed by atoms with Gasteiger partial charge in [-0.05, 0) is 37.9 Å². The highest BCUT2D eigenvalue weighted by molar-refractivity contribution is 5.56. The zero-order valence-electron chi connectivity index (χ0n) is 10.8. The summed E-state index contributed by atoms with van der Waals surface area (Å²) in [4.78, 5) is 6.83. The van der Waals surface area contributed by atoms with Gasteiger partial charge in [0.05, 0.1) is 0 Å². The number of ether oxygens (including phenoxy) is 1. The lowest BCUT2D eigenvalue weighted by molar-refractivity contribution is 0.180. The molecule has 2 aliphatic heterocycles. The summed E-state index contributed by atoms with van der Waals surface area (Å²) < 4.78 is 5.74. The molecule has 0 saturated carbocycles. The van der Waals surface area contributed by atoms with Crippen molar-refractivity contribution in [2.75, 3.05) is 38.1 Å². The second-order valence-electron chi connectivity index (χ2n) is 5.11. The van der Waals surface area contributed by atoms with Gasteiger partial charge < -0.3 is 10.1 Å². The van der Waals surface area contributed by atoms with Crippen molar-refractivity contribution >= 4 is 5.69 Å². The molecule has 0 spiro atoms. The van der Waals surface area contributed by atoms with Crippen molar-refractivity contribution in [3.8, 4) is 5.88 Å². The first-order valence-corrected chi connectivity index (χ1v) is 7.00. The minimum absolute atomic E-state index is 0.742. The molecule has 0 amide bonds. The number of hydrogen-bond donors (Lipinski definition) is 1. The fourth-order valence-electron chi connectivity index (χ4n) is 2.70. The molecule has 1 saturated heterocycles. The molecule has 1 aromatic heterocycles. The van der Waals surface area contributed by atoms with Crippen molar-refractivity contribution in [2.45, 2.75) is 25.7 Å². The molecular formula is C14H21N3O. The molecule has 3 rings (SSSR count). The van der Waals surface area contributed by atoms with E-state index in [1.807, 2.05) is 12.3 Å². The summed E-state index contributed by atoms with van der Waals surface area (Å²) in [5.74, 6) is 0.750. The normalized spacial score (nSPS) is 19.3. The van der Waals surface area contributed by atoms with E-state index in [0.29, 0.717) is 0 Å². The smallest absolute Gasteiger partial charge is 0.215 e. The van der Waals surface area contributed by atoms with Crippen molar-refractivity contribution in [3.63, 3.8) is 0 Å². The maximum atomic E-state index is 5.74. The topological polar surface area (TPSA) is 37.4 Å². The molecule has 4 nitrogen and oxygen atoms in total. The molecule has 0 radical (unpaired) electrons. The molecule has 0 aromatic carbocycles. The maximum Gasteiger partial charge on any atom is 0.215 e. The van der Waals surface area contributed by atoms with Gasteiger partial charge in [-0.3, -0.25) is 4.90 Å². The molecule has 1 N–H and O–H groups in total. The molecule has 0 unspecified atom stereocenters. The van der Waals surface area contributed by atoms with Gasteiger partial charge in [0.2, 0.25) is 5.88 Å². The summed E-state index contributed by atoms with van der Waals surface area (Å²) in [6, 6.07) is 2.03. The van der Waals surface area contributed by atoms with E-state index in [0.717, 1.165) is 32.0 Å². The van der Waals surface area contributed by atoms with Gasteiger partial charge in [0, 0.05) is 31.0 Å². The van der Waals surface area contributed by atoms with Gasteiger partial charge in [0.1, 0.15) is 6.61 Å². The summed E-state index contributed by atoms with van der Waals surface area (Å²) in [5.41, 5.74) is 2.50. The van der Waals surface area contributed by atoms with Crippen LogP contribution in [0.25, 0.3) is 0 Å². The molecule has 2 aliphatic rings. The molecule has 0 aliphatic carbocycles. The third kappa shape index (κ3) is 2.75. The van der Waals surface area contributed by atoms with Crippen molar-refractivity contribution in [1.82, 2.24) is 9.88 Å². The third-order valence-electron chi connectivity index (χ3n) is 3.78. The van der Waals surface area contributed by atoms with Crippen LogP contribution in [-0.4, -0.2) is 42.7 Å². The van der Waals surface area contributed by atoms with Crippen molar-refractivity contribution in [2.24, 2.45) is 0 Å². The predicted octanol–water partition coefficient (Wildman–Crippen LogP) is 1.91. The minimum atomic E-state index is 0.742. The van der Waals surface area contributed by atoms with Crippen molar-refractivity contribution in [3.05, 3.63) is 17.8 Å². The third-order valence-corrected chi connectivity index (χ3v) is 3.78. The molecule has 1 aromatic rings. The Bertz CT molecular complexity index is 402. The largest absolute Gasteiger partial charge is 0.476 e. The monoisotopic (exact) mass is 247 g/mol. The first kappa shape index (κ1) is 11.8. The molecular weight excluding hydrogens is 226 g/mol. The molecule has 4 heteroatoms. The zero-order valence-corrected chi connectivity index (χ0v) is 10.8. The van der Waals surface area contributed by atoms with Crippen LogP contribution in [0.4, 0.5) is 5.69 Å². The van der Waals surface area contributed by atoms with Crippen LogP contribution in [0.5, 0.6) is 5.88 Å². The number of anilines is 1. The predicted molar refractivity (Wildman–Crippen MR) is 72.2 cm³/mol. The van der Waals surface area contributed by atoms with Gasteiger partial charge in [0.15, 0.2) is 0 Å². The lowest BCUT2D eigenvalue weighted by Crippen LogP contribution is -2.33. The highest BCUT2D eigenvalue weighted by atomic mass is 16.5. The number of nitrogens with one attached hydrogen (secondary N) is 1. The molecule has 1 fully saturated rings. The number of rotatable bonds is 4. The Morgan fingerprint density at radius 2 is 2.17 bits per heavy atom. The second kappa shape index (κ2) is 5.57. The van der Waals surface area contributed by atoms with E-state index in [1.54, 1.807) is 0 Å². The Hall–Kier alpha value is -1.29. The number of pyridine rings is 1. The number of fused-ring (bicyclic) bond motifs is 1. The van der Waals surface area contributed by atoms with Crippen LogP contribution < -0.4 is 10.1 Å². The van der Waals surface area contributed by atoms with E-state index in [-0.39, 0.29) is 0 Å². The standard InChI is InChI=1S/C14H21N3O/c1-2-6-17(7-3-1)8-9-18-14-10-13-12(11-16-14)4-5-15-13/h10-11,15H,1-9H2. The second-order valence-corrected chi connectivity index (χ2v) is 5.11. The minimum Gasteiger partial charge on any atom is -0.476 e. The Morgan fingerprint density at radius 1 is 1.28 bits per heavy atom. The summed E-state index contributed by atoms with van der Waals surface area (Å²) in [6.07, 6.45) is 7.07. The van der Waals surface area contributed by atoms with Gasteiger partial charge in [-0.25, -0.2) is 4.98 Å². The van der Waals surface area contributed by atoms with E-state index in [2.05, 4.69) is 15.2 Å². The Morgan fingerprint density at radius 3 is 3.06 bits per heavy atom. The van der Waals surface area contributed by atoms with Crippen LogP contribution in [-0.2, 0) is 6.42 Å². The summed E-state index contributed by atoms with van der Waals surface area (Å²) >= 11 is 0. The van der Waals surface area contributed by atoms with Crippen molar-refractivity contribution in [1.29, 1.82) is 0 Å². The van der Waals surface area contributed by atoms with Crippen LogP contribution in [0.3, 0.4) is 0 Å². The quantitative estimate of drug-likeness (QED) is 0.882. The van der Waals surface area contributed by atoms with Crippen molar-refractivity contribution < 1.29 is 4.74 Å². The fraction of sp³-hybridized carbons (Fsp3) is 0.643. The number of piperidine rings is 1. The van der Waals surface area contributed by atoms with E-state index in [4.69, 9.17) is 4.74 Å². The van der Waals surface area contributed by atoms with Crippen LogP contribution in [0.15, 0.2) is 12.3 Å².